The van der Waals surface area contributed by atoms with Crippen LogP contribution >= 0.6 is 0 Å². The Kier molecular flexibility index (Phi) is 6.74. The number of amides is 2. The van der Waals surface area contributed by atoms with Gasteiger partial charge in [-0.15, -0.1) is 0 Å². The van der Waals surface area contributed by atoms with Crippen LogP contribution in [0.4, 0.5) is 16.2 Å². The van der Waals surface area contributed by atoms with Crippen LogP contribution in [0.25, 0.3) is 0 Å². The lowest BCUT2D eigenvalue weighted by molar-refractivity contribution is -0.385. The second-order valence-electron chi connectivity index (χ2n) is 4.66. The summed E-state index contributed by atoms with van der Waals surface area (Å²) in [5.41, 5.74) is 0.732. The fourth-order valence-corrected chi connectivity index (χ4v) is 2.07. The van der Waals surface area contributed by atoms with Crippen molar-refractivity contribution in [3.05, 3.63) is 33.9 Å². The van der Waals surface area contributed by atoms with Crippen molar-refractivity contribution >= 4 is 17.4 Å². The summed E-state index contributed by atoms with van der Waals surface area (Å²) >= 11 is 0. The van der Waals surface area contributed by atoms with E-state index in [1.807, 2.05) is 6.92 Å². The van der Waals surface area contributed by atoms with E-state index in [9.17, 15) is 14.9 Å². The molecule has 0 aliphatic rings. The summed E-state index contributed by atoms with van der Waals surface area (Å²) in [4.78, 5) is 22.5. The Balaban J connectivity index is 2.81. The number of ether oxygens (including phenoxy) is 2. The molecule has 0 aliphatic heterocycles. The zero-order valence-electron chi connectivity index (χ0n) is 13.1. The molecular weight excluding hydrogens is 290 g/mol. The standard InChI is InChI=1S/C14H21N3O5/c1-5-10(13(21-3)22-4)15-14(18)16-11-7-6-8-12(9(11)2)17(19)20/h6-8,10,13H,5H2,1-4H3,(H2,15,16,18)/t10-/m0/s1. The number of benzene rings is 1. The van der Waals surface area contributed by atoms with Crippen LogP contribution in [0.15, 0.2) is 18.2 Å². The summed E-state index contributed by atoms with van der Waals surface area (Å²) < 4.78 is 10.2. The molecule has 8 nitrogen and oxygen atoms in total. The summed E-state index contributed by atoms with van der Waals surface area (Å²) in [6.45, 7) is 3.47. The summed E-state index contributed by atoms with van der Waals surface area (Å²) in [5.74, 6) is 0. The van der Waals surface area contributed by atoms with Crippen LogP contribution in [0.1, 0.15) is 18.9 Å². The molecule has 0 radical (unpaired) electrons. The molecule has 1 atom stereocenters. The fourth-order valence-electron chi connectivity index (χ4n) is 2.07. The second kappa shape index (κ2) is 8.30. The molecule has 0 fully saturated rings. The molecule has 2 N–H and O–H groups in total. The number of hydrogen-bond donors (Lipinski definition) is 2. The zero-order valence-corrected chi connectivity index (χ0v) is 13.1. The Hall–Kier alpha value is -2.19. The average Bonchev–Trinajstić information content (AvgIpc) is 2.49. The molecule has 22 heavy (non-hydrogen) atoms. The average molecular weight is 311 g/mol. The number of hydrogen-bond acceptors (Lipinski definition) is 5. The minimum absolute atomic E-state index is 0.0449. The van der Waals surface area contributed by atoms with Gasteiger partial charge in [-0.1, -0.05) is 13.0 Å². The third-order valence-corrected chi connectivity index (χ3v) is 3.30. The highest BCUT2D eigenvalue weighted by Gasteiger charge is 2.22. The first-order chi connectivity index (χ1) is 10.4. The van der Waals surface area contributed by atoms with Gasteiger partial charge in [0.1, 0.15) is 0 Å². The van der Waals surface area contributed by atoms with Gasteiger partial charge in [0, 0.05) is 20.3 Å². The van der Waals surface area contributed by atoms with E-state index in [2.05, 4.69) is 10.6 Å². The van der Waals surface area contributed by atoms with E-state index in [-0.39, 0.29) is 11.7 Å². The van der Waals surface area contributed by atoms with E-state index >= 15 is 0 Å². The Morgan fingerprint density at radius 2 is 2.00 bits per heavy atom. The van der Waals surface area contributed by atoms with Crippen molar-refractivity contribution < 1.29 is 19.2 Å². The molecule has 0 saturated heterocycles. The van der Waals surface area contributed by atoms with Crippen molar-refractivity contribution in [3.8, 4) is 0 Å². The molecule has 1 aromatic carbocycles. The molecule has 2 amide bonds. The van der Waals surface area contributed by atoms with E-state index < -0.39 is 17.2 Å². The van der Waals surface area contributed by atoms with Crippen LogP contribution in [-0.2, 0) is 9.47 Å². The van der Waals surface area contributed by atoms with Crippen molar-refractivity contribution in [2.24, 2.45) is 0 Å². The zero-order chi connectivity index (χ0) is 16.7. The molecule has 1 rings (SSSR count). The number of rotatable bonds is 7. The fraction of sp³-hybridized carbons (Fsp3) is 0.500. The largest absolute Gasteiger partial charge is 0.354 e. The molecule has 0 unspecified atom stereocenters. The smallest absolute Gasteiger partial charge is 0.319 e. The Morgan fingerprint density at radius 3 is 2.50 bits per heavy atom. The molecule has 0 saturated carbocycles. The second-order valence-corrected chi connectivity index (χ2v) is 4.66. The number of carbonyl (C=O) groups excluding carboxylic acids is 1. The molecule has 0 aliphatic carbocycles. The monoisotopic (exact) mass is 311 g/mol. The maximum atomic E-state index is 12.0. The predicted octanol–water partition coefficient (Wildman–Crippen LogP) is 2.42. The Labute approximate surface area is 128 Å². The molecule has 1 aromatic rings. The van der Waals surface area contributed by atoms with Gasteiger partial charge in [0.15, 0.2) is 6.29 Å². The van der Waals surface area contributed by atoms with Gasteiger partial charge >= 0.3 is 6.03 Å². The van der Waals surface area contributed by atoms with Gasteiger partial charge in [-0.05, 0) is 19.4 Å². The number of methoxy groups -OCH3 is 2. The normalized spacial score (nSPS) is 12.0. The van der Waals surface area contributed by atoms with Gasteiger partial charge in [-0.3, -0.25) is 10.1 Å². The van der Waals surface area contributed by atoms with Crippen molar-refractivity contribution in [1.82, 2.24) is 5.32 Å². The van der Waals surface area contributed by atoms with Crippen LogP contribution in [-0.4, -0.2) is 37.5 Å². The van der Waals surface area contributed by atoms with E-state index in [0.717, 1.165) is 0 Å². The molecular formula is C14H21N3O5. The maximum Gasteiger partial charge on any atom is 0.319 e. The number of nitro groups is 1. The Bertz CT molecular complexity index is 531. The number of nitrogens with zero attached hydrogens (tertiary/aromatic N) is 1. The number of nitrogens with one attached hydrogen (secondary N) is 2. The highest BCUT2D eigenvalue weighted by molar-refractivity contribution is 5.90. The quantitative estimate of drug-likeness (QED) is 0.457. The van der Waals surface area contributed by atoms with Gasteiger partial charge in [0.25, 0.3) is 5.69 Å². The topological polar surface area (TPSA) is 103 Å². The van der Waals surface area contributed by atoms with Gasteiger partial charge in [0.05, 0.1) is 22.2 Å². The van der Waals surface area contributed by atoms with Crippen molar-refractivity contribution in [2.45, 2.75) is 32.6 Å². The Morgan fingerprint density at radius 1 is 1.36 bits per heavy atom. The van der Waals surface area contributed by atoms with Crippen molar-refractivity contribution in [3.63, 3.8) is 0 Å². The first-order valence-electron chi connectivity index (χ1n) is 6.81. The molecule has 0 bridgehead atoms. The third kappa shape index (κ3) is 4.40. The molecule has 8 heteroatoms. The lowest BCUT2D eigenvalue weighted by atomic mass is 10.1. The van der Waals surface area contributed by atoms with E-state index in [0.29, 0.717) is 17.7 Å². The SMILES string of the molecule is CC[C@H](NC(=O)Nc1cccc([N+](=O)[O-])c1C)C(OC)OC. The van der Waals surface area contributed by atoms with Gasteiger partial charge in [-0.2, -0.15) is 0 Å². The number of carbonyl (C=O) groups is 1. The highest BCUT2D eigenvalue weighted by atomic mass is 16.7. The number of anilines is 1. The van der Waals surface area contributed by atoms with E-state index in [1.165, 1.54) is 26.4 Å². The van der Waals surface area contributed by atoms with Crippen LogP contribution in [0.3, 0.4) is 0 Å². The first-order valence-corrected chi connectivity index (χ1v) is 6.81. The molecule has 0 aromatic heterocycles. The van der Waals surface area contributed by atoms with Crippen LogP contribution in [0.2, 0.25) is 0 Å². The number of urea groups is 1. The summed E-state index contributed by atoms with van der Waals surface area (Å²) in [5, 5.41) is 16.2. The summed E-state index contributed by atoms with van der Waals surface area (Å²) in [6.07, 6.45) is 0.0372. The van der Waals surface area contributed by atoms with Crippen molar-refractivity contribution in [2.75, 3.05) is 19.5 Å². The molecule has 122 valence electrons. The van der Waals surface area contributed by atoms with Gasteiger partial charge in [-0.25, -0.2) is 4.79 Å². The molecule has 0 heterocycles. The lowest BCUT2D eigenvalue weighted by Crippen LogP contribution is -2.46. The van der Waals surface area contributed by atoms with Crippen molar-refractivity contribution in [1.29, 1.82) is 0 Å². The van der Waals surface area contributed by atoms with Crippen LogP contribution in [0.5, 0.6) is 0 Å². The van der Waals surface area contributed by atoms with Gasteiger partial charge in [0.2, 0.25) is 0 Å². The van der Waals surface area contributed by atoms with E-state index in [4.69, 9.17) is 9.47 Å². The van der Waals surface area contributed by atoms with Gasteiger partial charge < -0.3 is 20.1 Å². The number of nitro benzene ring substituents is 1. The summed E-state index contributed by atoms with van der Waals surface area (Å²) in [7, 11) is 2.97. The maximum absolute atomic E-state index is 12.0. The lowest BCUT2D eigenvalue weighted by Gasteiger charge is -2.24. The van der Waals surface area contributed by atoms with Crippen LogP contribution in [0, 0.1) is 17.0 Å². The summed E-state index contributed by atoms with van der Waals surface area (Å²) in [6, 6.07) is 3.70. The van der Waals surface area contributed by atoms with E-state index in [1.54, 1.807) is 13.0 Å². The highest BCUT2D eigenvalue weighted by Crippen LogP contribution is 2.24. The third-order valence-electron chi connectivity index (χ3n) is 3.30. The first kappa shape index (κ1) is 17.9. The van der Waals surface area contributed by atoms with Crippen LogP contribution < -0.4 is 10.6 Å². The predicted molar refractivity (Wildman–Crippen MR) is 81.9 cm³/mol. The minimum atomic E-state index is -0.568. The minimum Gasteiger partial charge on any atom is -0.354 e. The molecule has 0 spiro atoms.